The molecule has 2 heterocycles. The largest absolute Gasteiger partial charge is 0.309 e. The molecule has 0 N–H and O–H groups in total. The third-order valence-electron chi connectivity index (χ3n) is 12.3. The molecule has 0 aliphatic heterocycles. The van der Waals surface area contributed by atoms with Crippen molar-refractivity contribution in [1.29, 1.82) is 0 Å². The lowest BCUT2D eigenvalue weighted by Crippen LogP contribution is -1.95. The molecule has 12 rings (SSSR count). The first kappa shape index (κ1) is 34.1. The highest BCUT2D eigenvalue weighted by Crippen LogP contribution is 2.40. The summed E-state index contributed by atoms with van der Waals surface area (Å²) in [6.07, 6.45) is 0. The Bertz CT molecular complexity index is 3600. The molecule has 10 aromatic carbocycles. The lowest BCUT2D eigenvalue weighted by atomic mass is 9.94. The molecule has 2 nitrogen and oxygen atoms in total. The van der Waals surface area contributed by atoms with Crippen LogP contribution in [0.25, 0.3) is 110 Å². The molecular weight excluding hydrogens is 725 g/mol. The summed E-state index contributed by atoms with van der Waals surface area (Å²) in [5.74, 6) is 0. The second-order valence-electron chi connectivity index (χ2n) is 15.7. The molecule has 0 radical (unpaired) electrons. The summed E-state index contributed by atoms with van der Waals surface area (Å²) in [6.45, 7) is 0. The van der Waals surface area contributed by atoms with Crippen molar-refractivity contribution in [3.05, 3.63) is 231 Å². The van der Waals surface area contributed by atoms with E-state index in [1.54, 1.807) is 0 Å². The third-order valence-corrected chi connectivity index (χ3v) is 12.3. The molecule has 0 aliphatic carbocycles. The van der Waals surface area contributed by atoms with Crippen LogP contribution in [0, 0.1) is 0 Å². The summed E-state index contributed by atoms with van der Waals surface area (Å²) in [5.41, 5.74) is 16.8. The van der Waals surface area contributed by atoms with Crippen LogP contribution >= 0.6 is 0 Å². The van der Waals surface area contributed by atoms with Crippen molar-refractivity contribution in [2.45, 2.75) is 0 Å². The van der Waals surface area contributed by atoms with E-state index in [0.717, 1.165) is 11.4 Å². The van der Waals surface area contributed by atoms with Crippen molar-refractivity contribution < 1.29 is 0 Å². The highest BCUT2D eigenvalue weighted by atomic mass is 15.0. The maximum atomic E-state index is 2.42. The minimum Gasteiger partial charge on any atom is -0.309 e. The van der Waals surface area contributed by atoms with Gasteiger partial charge in [-0.05, 0) is 122 Å². The molecule has 0 amide bonds. The fourth-order valence-corrected chi connectivity index (χ4v) is 9.47. The third kappa shape index (κ3) is 5.57. The molecule has 2 heteroatoms. The number of para-hydroxylation sites is 2. The molecule has 2 aromatic heterocycles. The van der Waals surface area contributed by atoms with Crippen LogP contribution in [0.2, 0.25) is 0 Å². The molecule has 0 unspecified atom stereocenters. The topological polar surface area (TPSA) is 9.86 Å². The van der Waals surface area contributed by atoms with Crippen molar-refractivity contribution in [3.63, 3.8) is 0 Å². The SMILES string of the molecule is c1ccc(-c2ccccc2-c2cccc(-n3c4ccccc4c4cc(-c5ccc6c(c5)c5ccccc5n6-c5cccc(-c6ccc7ccccc7c6)c5)ccc43)c2)cc1. The quantitative estimate of drug-likeness (QED) is 0.160. The van der Waals surface area contributed by atoms with Crippen molar-refractivity contribution in [2.75, 3.05) is 0 Å². The summed E-state index contributed by atoms with van der Waals surface area (Å²) in [6, 6.07) is 84.2. The van der Waals surface area contributed by atoms with Gasteiger partial charge < -0.3 is 9.13 Å². The maximum absolute atomic E-state index is 2.42. The molecular formula is C58H38N2. The Morgan fingerprint density at radius 3 is 1.30 bits per heavy atom. The Hall–Kier alpha value is -7.94. The monoisotopic (exact) mass is 762 g/mol. The van der Waals surface area contributed by atoms with Gasteiger partial charge in [0.05, 0.1) is 22.1 Å². The van der Waals surface area contributed by atoms with Gasteiger partial charge >= 0.3 is 0 Å². The summed E-state index contributed by atoms with van der Waals surface area (Å²) in [5, 5.41) is 7.49. The molecule has 60 heavy (non-hydrogen) atoms. The van der Waals surface area contributed by atoms with Gasteiger partial charge in [0, 0.05) is 32.9 Å². The minimum absolute atomic E-state index is 1.15. The summed E-state index contributed by atoms with van der Waals surface area (Å²) < 4.78 is 4.84. The molecule has 0 spiro atoms. The average Bonchev–Trinajstić information content (AvgIpc) is 3.84. The Morgan fingerprint density at radius 1 is 0.217 bits per heavy atom. The van der Waals surface area contributed by atoms with Crippen molar-refractivity contribution in [2.24, 2.45) is 0 Å². The van der Waals surface area contributed by atoms with Crippen LogP contribution in [-0.2, 0) is 0 Å². The van der Waals surface area contributed by atoms with E-state index in [2.05, 4.69) is 240 Å². The fraction of sp³-hybridized carbons (Fsp3) is 0. The first-order chi connectivity index (χ1) is 29.7. The van der Waals surface area contributed by atoms with Crippen LogP contribution in [0.5, 0.6) is 0 Å². The summed E-state index contributed by atoms with van der Waals surface area (Å²) >= 11 is 0. The van der Waals surface area contributed by atoms with Crippen molar-refractivity contribution in [1.82, 2.24) is 9.13 Å². The number of aromatic nitrogens is 2. The molecule has 0 fully saturated rings. The summed E-state index contributed by atoms with van der Waals surface area (Å²) in [7, 11) is 0. The minimum atomic E-state index is 1.15. The Kier molecular flexibility index (Phi) is 7.89. The van der Waals surface area contributed by atoms with Crippen LogP contribution in [0.15, 0.2) is 231 Å². The van der Waals surface area contributed by atoms with Crippen LogP contribution in [0.3, 0.4) is 0 Å². The number of fused-ring (bicyclic) bond motifs is 7. The zero-order valence-corrected chi connectivity index (χ0v) is 32.8. The first-order valence-corrected chi connectivity index (χ1v) is 20.7. The van der Waals surface area contributed by atoms with Crippen LogP contribution < -0.4 is 0 Å². The van der Waals surface area contributed by atoms with Gasteiger partial charge in [0.2, 0.25) is 0 Å². The van der Waals surface area contributed by atoms with E-state index >= 15 is 0 Å². The predicted octanol–water partition coefficient (Wildman–Crippen LogP) is 15.7. The number of rotatable bonds is 6. The Labute approximate surface area is 348 Å². The second kappa shape index (κ2) is 13.9. The van der Waals surface area contributed by atoms with Crippen LogP contribution in [0.1, 0.15) is 0 Å². The van der Waals surface area contributed by atoms with E-state index in [-0.39, 0.29) is 0 Å². The van der Waals surface area contributed by atoms with E-state index in [1.807, 2.05) is 0 Å². The Morgan fingerprint density at radius 2 is 0.650 bits per heavy atom. The predicted molar refractivity (Wildman–Crippen MR) is 254 cm³/mol. The van der Waals surface area contributed by atoms with Gasteiger partial charge in [-0.25, -0.2) is 0 Å². The first-order valence-electron chi connectivity index (χ1n) is 20.7. The number of hydrogen-bond donors (Lipinski definition) is 0. The van der Waals surface area contributed by atoms with Gasteiger partial charge in [-0.2, -0.15) is 0 Å². The van der Waals surface area contributed by atoms with Crippen LogP contribution in [0.4, 0.5) is 0 Å². The van der Waals surface area contributed by atoms with Crippen molar-refractivity contribution >= 4 is 54.4 Å². The van der Waals surface area contributed by atoms with Gasteiger partial charge in [0.1, 0.15) is 0 Å². The molecule has 12 aromatic rings. The zero-order valence-electron chi connectivity index (χ0n) is 32.8. The molecule has 0 saturated carbocycles. The van der Waals surface area contributed by atoms with Crippen molar-refractivity contribution in [3.8, 4) is 55.9 Å². The lowest BCUT2D eigenvalue weighted by molar-refractivity contribution is 1.18. The van der Waals surface area contributed by atoms with Gasteiger partial charge in [-0.3, -0.25) is 0 Å². The molecule has 0 saturated heterocycles. The maximum Gasteiger partial charge on any atom is 0.0541 e. The average molecular weight is 763 g/mol. The van der Waals surface area contributed by atoms with Gasteiger partial charge in [-0.15, -0.1) is 0 Å². The molecule has 0 atom stereocenters. The number of benzene rings is 10. The van der Waals surface area contributed by atoms with Gasteiger partial charge in [0.25, 0.3) is 0 Å². The number of hydrogen-bond acceptors (Lipinski definition) is 0. The van der Waals surface area contributed by atoms with Crippen LogP contribution in [-0.4, -0.2) is 9.13 Å². The normalized spacial score (nSPS) is 11.7. The second-order valence-corrected chi connectivity index (χ2v) is 15.7. The summed E-state index contributed by atoms with van der Waals surface area (Å²) in [4.78, 5) is 0. The van der Waals surface area contributed by atoms with Gasteiger partial charge in [-0.1, -0.05) is 164 Å². The van der Waals surface area contributed by atoms with E-state index in [1.165, 1.54) is 98.9 Å². The Balaban J connectivity index is 0.966. The van der Waals surface area contributed by atoms with Gasteiger partial charge in [0.15, 0.2) is 0 Å². The standard InChI is InChI=1S/C58H38N2/c1-2-15-40(16-3-1)49-22-6-7-23-50(49)46-19-13-21-48(36-46)60-56-27-11-9-25-52(56)54-38-45(31-33-58(54)60)44-30-32-57-53(37-44)51-24-8-10-26-55(51)59(57)47-20-12-18-42(35-47)43-29-28-39-14-4-5-17-41(39)34-43/h1-38H. The van der Waals surface area contributed by atoms with E-state index in [4.69, 9.17) is 0 Å². The number of nitrogens with zero attached hydrogens (tertiary/aromatic N) is 2. The zero-order chi connectivity index (χ0) is 39.6. The van der Waals surface area contributed by atoms with E-state index in [0.29, 0.717) is 0 Å². The highest BCUT2D eigenvalue weighted by molar-refractivity contribution is 6.13. The fourth-order valence-electron chi connectivity index (χ4n) is 9.47. The molecule has 0 aliphatic rings. The smallest absolute Gasteiger partial charge is 0.0541 e. The molecule has 0 bridgehead atoms. The highest BCUT2D eigenvalue weighted by Gasteiger charge is 2.17. The van der Waals surface area contributed by atoms with E-state index < -0.39 is 0 Å². The lowest BCUT2D eigenvalue weighted by Gasteiger charge is -2.13. The molecule has 280 valence electrons. The van der Waals surface area contributed by atoms with E-state index in [9.17, 15) is 0 Å².